The SMILES string of the molecule is CC(SO[C@H]1C(O)O[C@H](CO)[C@H](O)[C@@H]1O)c1ccccc1. The number of benzene rings is 1. The molecule has 1 aromatic rings. The minimum atomic E-state index is -1.41. The quantitative estimate of drug-likeness (QED) is 0.576. The van der Waals surface area contributed by atoms with E-state index in [0.717, 1.165) is 17.6 Å². The number of hydrogen-bond acceptors (Lipinski definition) is 7. The van der Waals surface area contributed by atoms with Crippen LogP contribution in [0.15, 0.2) is 30.3 Å². The summed E-state index contributed by atoms with van der Waals surface area (Å²) in [6.07, 6.45) is -6.15. The first-order valence-corrected chi connectivity index (χ1v) is 7.52. The van der Waals surface area contributed by atoms with Crippen LogP contribution in [0.2, 0.25) is 0 Å². The second kappa shape index (κ2) is 7.55. The molecule has 6 nitrogen and oxygen atoms in total. The Bertz CT molecular complexity index is 431. The van der Waals surface area contributed by atoms with Gasteiger partial charge in [0.2, 0.25) is 0 Å². The van der Waals surface area contributed by atoms with Crippen LogP contribution in [-0.2, 0) is 8.92 Å². The number of aliphatic hydroxyl groups is 4. The van der Waals surface area contributed by atoms with E-state index in [0.29, 0.717) is 0 Å². The van der Waals surface area contributed by atoms with Gasteiger partial charge in [0, 0.05) is 0 Å². The van der Waals surface area contributed by atoms with Crippen molar-refractivity contribution < 1.29 is 29.3 Å². The molecular weight excluding hydrogens is 296 g/mol. The summed E-state index contributed by atoms with van der Waals surface area (Å²) in [4.78, 5) is 0. The van der Waals surface area contributed by atoms with Gasteiger partial charge in [-0.05, 0) is 24.5 Å². The highest BCUT2D eigenvalue weighted by molar-refractivity contribution is 7.94. The molecule has 2 unspecified atom stereocenters. The van der Waals surface area contributed by atoms with Gasteiger partial charge in [0.1, 0.15) is 18.3 Å². The Morgan fingerprint density at radius 2 is 1.86 bits per heavy atom. The van der Waals surface area contributed by atoms with E-state index in [-0.39, 0.29) is 5.25 Å². The molecule has 4 N–H and O–H groups in total. The van der Waals surface area contributed by atoms with Crippen molar-refractivity contribution in [3.63, 3.8) is 0 Å². The van der Waals surface area contributed by atoms with E-state index in [4.69, 9.17) is 14.0 Å². The average Bonchev–Trinajstić information content (AvgIpc) is 2.51. The number of aliphatic hydroxyl groups excluding tert-OH is 4. The molecule has 1 aliphatic rings. The summed E-state index contributed by atoms with van der Waals surface area (Å²) >= 11 is 1.08. The van der Waals surface area contributed by atoms with Crippen molar-refractivity contribution in [2.24, 2.45) is 0 Å². The molecule has 2 rings (SSSR count). The van der Waals surface area contributed by atoms with Gasteiger partial charge in [-0.25, -0.2) is 0 Å². The minimum Gasteiger partial charge on any atom is -0.394 e. The molecule has 6 atom stereocenters. The van der Waals surface area contributed by atoms with Crippen molar-refractivity contribution in [1.82, 2.24) is 0 Å². The van der Waals surface area contributed by atoms with Crippen LogP contribution in [0.1, 0.15) is 17.7 Å². The summed E-state index contributed by atoms with van der Waals surface area (Å²) in [5.41, 5.74) is 1.04. The lowest BCUT2D eigenvalue weighted by molar-refractivity contribution is -0.278. The fourth-order valence-corrected chi connectivity index (χ4v) is 2.87. The number of hydrogen-bond donors (Lipinski definition) is 4. The first-order valence-electron chi connectivity index (χ1n) is 6.72. The molecule has 0 amide bonds. The molecule has 1 heterocycles. The summed E-state index contributed by atoms with van der Waals surface area (Å²) in [7, 11) is 0. The Morgan fingerprint density at radius 1 is 1.19 bits per heavy atom. The molecule has 1 aromatic carbocycles. The van der Waals surface area contributed by atoms with E-state index in [9.17, 15) is 15.3 Å². The molecule has 0 aliphatic carbocycles. The summed E-state index contributed by atoms with van der Waals surface area (Å²) in [6.45, 7) is 1.44. The van der Waals surface area contributed by atoms with Crippen LogP contribution in [0.3, 0.4) is 0 Å². The summed E-state index contributed by atoms with van der Waals surface area (Å²) < 4.78 is 10.5. The highest BCUT2D eigenvalue weighted by Crippen LogP contribution is 2.33. The maximum Gasteiger partial charge on any atom is 0.185 e. The highest BCUT2D eigenvalue weighted by Gasteiger charge is 2.44. The predicted molar refractivity (Wildman–Crippen MR) is 77.3 cm³/mol. The van der Waals surface area contributed by atoms with Crippen molar-refractivity contribution in [2.45, 2.75) is 42.9 Å². The van der Waals surface area contributed by atoms with Gasteiger partial charge < -0.3 is 29.3 Å². The zero-order valence-corrected chi connectivity index (χ0v) is 12.4. The lowest BCUT2D eigenvalue weighted by Crippen LogP contribution is -2.58. The Morgan fingerprint density at radius 3 is 2.48 bits per heavy atom. The molecular formula is C14H20O6S. The van der Waals surface area contributed by atoms with Crippen molar-refractivity contribution in [1.29, 1.82) is 0 Å². The summed E-state index contributed by atoms with van der Waals surface area (Å²) in [6, 6.07) is 9.63. The maximum absolute atomic E-state index is 9.95. The van der Waals surface area contributed by atoms with E-state index >= 15 is 0 Å². The van der Waals surface area contributed by atoms with Crippen molar-refractivity contribution in [2.75, 3.05) is 6.61 Å². The first kappa shape index (κ1) is 16.7. The van der Waals surface area contributed by atoms with Gasteiger partial charge in [0.25, 0.3) is 0 Å². The third-order valence-electron chi connectivity index (χ3n) is 3.42. The molecule has 7 heteroatoms. The monoisotopic (exact) mass is 316 g/mol. The van der Waals surface area contributed by atoms with Gasteiger partial charge in [-0.1, -0.05) is 30.3 Å². The smallest absolute Gasteiger partial charge is 0.185 e. The van der Waals surface area contributed by atoms with Crippen molar-refractivity contribution >= 4 is 12.0 Å². The third kappa shape index (κ3) is 3.95. The van der Waals surface area contributed by atoms with Crippen LogP contribution in [0.5, 0.6) is 0 Å². The van der Waals surface area contributed by atoms with E-state index < -0.39 is 37.3 Å². The lowest BCUT2D eigenvalue weighted by Gasteiger charge is -2.39. The number of rotatable bonds is 5. The van der Waals surface area contributed by atoms with Gasteiger partial charge in [0.15, 0.2) is 12.4 Å². The van der Waals surface area contributed by atoms with Crippen molar-refractivity contribution in [3.8, 4) is 0 Å². The average molecular weight is 316 g/mol. The zero-order valence-electron chi connectivity index (χ0n) is 11.6. The van der Waals surface area contributed by atoms with E-state index in [1.165, 1.54) is 0 Å². The first-order chi connectivity index (χ1) is 10.0. The fraction of sp³-hybridized carbons (Fsp3) is 0.571. The molecule has 0 radical (unpaired) electrons. The molecule has 118 valence electrons. The van der Waals surface area contributed by atoms with Gasteiger partial charge in [-0.15, -0.1) is 0 Å². The normalized spacial score (nSPS) is 34.6. The Hall–Kier alpha value is -0.670. The molecule has 1 fully saturated rings. The molecule has 0 aromatic heterocycles. The molecule has 21 heavy (non-hydrogen) atoms. The Labute approximate surface area is 127 Å². The lowest BCUT2D eigenvalue weighted by atomic mass is 9.99. The molecule has 1 saturated heterocycles. The van der Waals surface area contributed by atoms with E-state index in [1.54, 1.807) is 0 Å². The fourth-order valence-electron chi connectivity index (χ4n) is 2.10. The van der Waals surface area contributed by atoms with Crippen LogP contribution in [0, 0.1) is 0 Å². The van der Waals surface area contributed by atoms with Gasteiger partial charge in [-0.2, -0.15) is 0 Å². The molecule has 0 bridgehead atoms. The highest BCUT2D eigenvalue weighted by atomic mass is 32.2. The van der Waals surface area contributed by atoms with Crippen molar-refractivity contribution in [3.05, 3.63) is 35.9 Å². The number of ether oxygens (including phenoxy) is 1. The molecule has 0 saturated carbocycles. The van der Waals surface area contributed by atoms with Crippen LogP contribution < -0.4 is 0 Å². The summed E-state index contributed by atoms with van der Waals surface area (Å²) in [5, 5.41) is 38.5. The predicted octanol–water partition coefficient (Wildman–Crippen LogP) is 0.212. The molecule has 0 spiro atoms. The van der Waals surface area contributed by atoms with Gasteiger partial charge >= 0.3 is 0 Å². The second-order valence-corrected chi connectivity index (χ2v) is 6.03. The zero-order chi connectivity index (χ0) is 15.4. The van der Waals surface area contributed by atoms with Crippen LogP contribution in [-0.4, -0.2) is 57.7 Å². The topological polar surface area (TPSA) is 99.4 Å². The van der Waals surface area contributed by atoms with E-state index in [1.807, 2.05) is 37.3 Å². The van der Waals surface area contributed by atoms with E-state index in [2.05, 4.69) is 0 Å². The van der Waals surface area contributed by atoms with Crippen LogP contribution in [0.4, 0.5) is 0 Å². The minimum absolute atomic E-state index is 0.0155. The summed E-state index contributed by atoms with van der Waals surface area (Å²) in [5.74, 6) is 0. The largest absolute Gasteiger partial charge is 0.394 e. The maximum atomic E-state index is 9.95. The van der Waals surface area contributed by atoms with Crippen LogP contribution in [0.25, 0.3) is 0 Å². The molecule has 1 aliphatic heterocycles. The standard InChI is InChI=1S/C14H20O6S/c1-8(9-5-3-2-4-6-9)21-20-13-12(17)11(16)10(7-15)19-14(13)18/h2-6,8,10-18H,7H2,1H3/t8?,10-,11+,12+,13-,14?/m1/s1. The van der Waals surface area contributed by atoms with Gasteiger partial charge in [-0.3, -0.25) is 0 Å². The van der Waals surface area contributed by atoms with Crippen LogP contribution >= 0.6 is 12.0 Å². The second-order valence-electron chi connectivity index (χ2n) is 4.94. The van der Waals surface area contributed by atoms with Gasteiger partial charge in [0.05, 0.1) is 11.9 Å². The Kier molecular flexibility index (Phi) is 6.00. The third-order valence-corrected chi connectivity index (χ3v) is 4.32. The Balaban J connectivity index is 1.93.